The number of benzene rings is 1. The third-order valence-electron chi connectivity index (χ3n) is 3.67. The SMILES string of the molecule is CCCOc1ccc(S(=O)(=O)N2CCCCC2)cc1CN. The van der Waals surface area contributed by atoms with Crippen molar-refractivity contribution in [1.29, 1.82) is 0 Å². The Labute approximate surface area is 127 Å². The lowest BCUT2D eigenvalue weighted by Crippen LogP contribution is -2.35. The van der Waals surface area contributed by atoms with E-state index in [4.69, 9.17) is 10.5 Å². The molecule has 0 atom stereocenters. The van der Waals surface area contributed by atoms with Gasteiger partial charge in [-0.15, -0.1) is 0 Å². The predicted octanol–water partition coefficient (Wildman–Crippen LogP) is 2.11. The van der Waals surface area contributed by atoms with E-state index in [0.717, 1.165) is 31.2 Å². The second kappa shape index (κ2) is 7.24. The third kappa shape index (κ3) is 3.75. The number of piperidine rings is 1. The minimum absolute atomic E-state index is 0.266. The number of hydrogen-bond donors (Lipinski definition) is 1. The third-order valence-corrected chi connectivity index (χ3v) is 5.56. The van der Waals surface area contributed by atoms with Crippen molar-refractivity contribution in [3.8, 4) is 5.75 Å². The van der Waals surface area contributed by atoms with Crippen molar-refractivity contribution in [3.05, 3.63) is 23.8 Å². The average molecular weight is 312 g/mol. The van der Waals surface area contributed by atoms with Gasteiger partial charge in [0.1, 0.15) is 5.75 Å². The van der Waals surface area contributed by atoms with Gasteiger partial charge in [0.15, 0.2) is 0 Å². The predicted molar refractivity (Wildman–Crippen MR) is 82.7 cm³/mol. The van der Waals surface area contributed by atoms with E-state index in [1.807, 2.05) is 6.92 Å². The molecule has 0 aromatic heterocycles. The summed E-state index contributed by atoms with van der Waals surface area (Å²) >= 11 is 0. The van der Waals surface area contributed by atoms with E-state index in [2.05, 4.69) is 0 Å². The second-order valence-electron chi connectivity index (χ2n) is 5.29. The van der Waals surface area contributed by atoms with E-state index in [9.17, 15) is 8.42 Å². The summed E-state index contributed by atoms with van der Waals surface area (Å²) in [6.45, 7) is 4.10. The topological polar surface area (TPSA) is 72.6 Å². The van der Waals surface area contributed by atoms with E-state index in [0.29, 0.717) is 30.3 Å². The van der Waals surface area contributed by atoms with Crippen LogP contribution in [0.3, 0.4) is 0 Å². The first-order valence-electron chi connectivity index (χ1n) is 7.55. The van der Waals surface area contributed by atoms with Gasteiger partial charge in [-0.2, -0.15) is 4.31 Å². The van der Waals surface area contributed by atoms with E-state index in [1.54, 1.807) is 22.5 Å². The second-order valence-corrected chi connectivity index (χ2v) is 7.22. The molecule has 2 rings (SSSR count). The summed E-state index contributed by atoms with van der Waals surface area (Å²) in [5, 5.41) is 0. The van der Waals surface area contributed by atoms with Crippen LogP contribution in [0.25, 0.3) is 0 Å². The molecule has 1 saturated heterocycles. The molecule has 0 aliphatic carbocycles. The molecule has 1 aliphatic heterocycles. The first-order valence-corrected chi connectivity index (χ1v) is 8.99. The van der Waals surface area contributed by atoms with Crippen LogP contribution in [0.1, 0.15) is 38.2 Å². The Morgan fingerprint density at radius 1 is 1.24 bits per heavy atom. The van der Waals surface area contributed by atoms with Crippen LogP contribution in [0.4, 0.5) is 0 Å². The standard InChI is InChI=1S/C15H24N2O3S/c1-2-10-20-15-7-6-14(11-13(15)12-16)21(18,19)17-8-4-3-5-9-17/h6-7,11H,2-5,8-10,12,16H2,1H3. The fourth-order valence-electron chi connectivity index (χ4n) is 2.48. The normalized spacial score (nSPS) is 16.9. The molecule has 0 unspecified atom stereocenters. The maximum atomic E-state index is 12.6. The van der Waals surface area contributed by atoms with Crippen LogP contribution in [0.5, 0.6) is 5.75 Å². The smallest absolute Gasteiger partial charge is 0.243 e. The minimum atomic E-state index is -3.41. The Bertz CT molecular complexity index is 566. The highest BCUT2D eigenvalue weighted by Crippen LogP contribution is 2.26. The van der Waals surface area contributed by atoms with Crippen molar-refractivity contribution >= 4 is 10.0 Å². The fourth-order valence-corrected chi connectivity index (χ4v) is 4.05. The van der Waals surface area contributed by atoms with Crippen molar-refractivity contribution in [2.24, 2.45) is 5.73 Å². The number of sulfonamides is 1. The number of nitrogens with zero attached hydrogens (tertiary/aromatic N) is 1. The molecule has 118 valence electrons. The molecule has 1 fully saturated rings. The van der Waals surface area contributed by atoms with Gasteiger partial charge in [0.2, 0.25) is 10.0 Å². The van der Waals surface area contributed by atoms with E-state index < -0.39 is 10.0 Å². The quantitative estimate of drug-likeness (QED) is 0.873. The first kappa shape index (κ1) is 16.3. The summed E-state index contributed by atoms with van der Waals surface area (Å²) < 4.78 is 32.4. The summed E-state index contributed by atoms with van der Waals surface area (Å²) in [4.78, 5) is 0.314. The highest BCUT2D eigenvalue weighted by atomic mass is 32.2. The summed E-state index contributed by atoms with van der Waals surface area (Å²) in [5.74, 6) is 0.678. The Morgan fingerprint density at radius 3 is 2.57 bits per heavy atom. The van der Waals surface area contributed by atoms with Crippen molar-refractivity contribution in [1.82, 2.24) is 4.31 Å². The molecule has 1 heterocycles. The van der Waals surface area contributed by atoms with E-state index >= 15 is 0 Å². The van der Waals surface area contributed by atoms with Gasteiger partial charge in [-0.1, -0.05) is 13.3 Å². The Balaban J connectivity index is 2.26. The van der Waals surface area contributed by atoms with Gasteiger partial charge >= 0.3 is 0 Å². The molecule has 5 nitrogen and oxygen atoms in total. The molecule has 0 radical (unpaired) electrons. The Kier molecular flexibility index (Phi) is 5.61. The molecular weight excluding hydrogens is 288 g/mol. The van der Waals surface area contributed by atoms with Gasteiger partial charge in [-0.3, -0.25) is 0 Å². The lowest BCUT2D eigenvalue weighted by Gasteiger charge is -2.26. The molecule has 0 amide bonds. The summed E-state index contributed by atoms with van der Waals surface area (Å²) in [6.07, 6.45) is 3.86. The zero-order valence-electron chi connectivity index (χ0n) is 12.5. The summed E-state index contributed by atoms with van der Waals surface area (Å²) in [5.41, 5.74) is 6.46. The van der Waals surface area contributed by atoms with Gasteiger partial charge in [-0.05, 0) is 37.5 Å². The van der Waals surface area contributed by atoms with Gasteiger partial charge in [0, 0.05) is 25.2 Å². The van der Waals surface area contributed by atoms with Crippen LogP contribution in [-0.4, -0.2) is 32.4 Å². The molecule has 21 heavy (non-hydrogen) atoms. The fraction of sp³-hybridized carbons (Fsp3) is 0.600. The van der Waals surface area contributed by atoms with Crippen LogP contribution in [0.2, 0.25) is 0 Å². The van der Waals surface area contributed by atoms with Crippen molar-refractivity contribution < 1.29 is 13.2 Å². The van der Waals surface area contributed by atoms with Crippen LogP contribution >= 0.6 is 0 Å². The van der Waals surface area contributed by atoms with Crippen molar-refractivity contribution in [3.63, 3.8) is 0 Å². The van der Waals surface area contributed by atoms with Crippen LogP contribution in [0.15, 0.2) is 23.1 Å². The zero-order chi connectivity index (χ0) is 15.3. The monoisotopic (exact) mass is 312 g/mol. The molecule has 0 bridgehead atoms. The van der Waals surface area contributed by atoms with E-state index in [1.165, 1.54) is 0 Å². The molecule has 6 heteroatoms. The van der Waals surface area contributed by atoms with Crippen molar-refractivity contribution in [2.45, 2.75) is 44.0 Å². The Morgan fingerprint density at radius 2 is 1.95 bits per heavy atom. The van der Waals surface area contributed by atoms with Crippen LogP contribution < -0.4 is 10.5 Å². The minimum Gasteiger partial charge on any atom is -0.493 e. The average Bonchev–Trinajstić information content (AvgIpc) is 2.53. The summed E-state index contributed by atoms with van der Waals surface area (Å²) in [6, 6.07) is 4.98. The van der Waals surface area contributed by atoms with Crippen LogP contribution in [0, 0.1) is 0 Å². The van der Waals surface area contributed by atoms with Gasteiger partial charge in [0.25, 0.3) is 0 Å². The highest BCUT2D eigenvalue weighted by Gasteiger charge is 2.26. The molecule has 1 aliphatic rings. The lowest BCUT2D eigenvalue weighted by molar-refractivity contribution is 0.314. The zero-order valence-corrected chi connectivity index (χ0v) is 13.4. The molecule has 0 saturated carbocycles. The van der Waals surface area contributed by atoms with Gasteiger partial charge in [-0.25, -0.2) is 8.42 Å². The molecule has 0 spiro atoms. The van der Waals surface area contributed by atoms with Gasteiger partial charge in [0.05, 0.1) is 11.5 Å². The maximum Gasteiger partial charge on any atom is 0.243 e. The van der Waals surface area contributed by atoms with Gasteiger partial charge < -0.3 is 10.5 Å². The number of ether oxygens (including phenoxy) is 1. The first-order chi connectivity index (χ1) is 10.1. The number of nitrogens with two attached hydrogens (primary N) is 1. The molecular formula is C15H24N2O3S. The molecule has 1 aromatic rings. The number of hydrogen-bond acceptors (Lipinski definition) is 4. The molecule has 2 N–H and O–H groups in total. The number of rotatable bonds is 6. The Hall–Kier alpha value is -1.11. The lowest BCUT2D eigenvalue weighted by atomic mass is 10.2. The summed E-state index contributed by atoms with van der Waals surface area (Å²) in [7, 11) is -3.41. The van der Waals surface area contributed by atoms with E-state index in [-0.39, 0.29) is 6.54 Å². The van der Waals surface area contributed by atoms with Crippen molar-refractivity contribution in [2.75, 3.05) is 19.7 Å². The molecule has 1 aromatic carbocycles. The largest absolute Gasteiger partial charge is 0.493 e. The van der Waals surface area contributed by atoms with Crippen LogP contribution in [-0.2, 0) is 16.6 Å². The highest BCUT2D eigenvalue weighted by molar-refractivity contribution is 7.89. The maximum absolute atomic E-state index is 12.6.